The van der Waals surface area contributed by atoms with E-state index in [0.717, 1.165) is 0 Å². The summed E-state index contributed by atoms with van der Waals surface area (Å²) in [4.78, 5) is 23.6. The van der Waals surface area contributed by atoms with Gasteiger partial charge in [0.05, 0.1) is 25.4 Å². The van der Waals surface area contributed by atoms with Crippen molar-refractivity contribution < 1.29 is 28.5 Å². The second-order valence-corrected chi connectivity index (χ2v) is 4.63. The Morgan fingerprint density at radius 3 is 1.92 bits per heavy atom. The smallest absolute Gasteiger partial charge is 0.338 e. The lowest BCUT2D eigenvalue weighted by molar-refractivity contribution is -0.124. The van der Waals surface area contributed by atoms with Crippen molar-refractivity contribution in [3.8, 4) is 17.2 Å². The summed E-state index contributed by atoms with van der Waals surface area (Å²) < 4.78 is 21.7. The van der Waals surface area contributed by atoms with E-state index in [1.807, 2.05) is 20.8 Å². The summed E-state index contributed by atoms with van der Waals surface area (Å²) in [6.45, 7) is 8.67. The lowest BCUT2D eigenvalue weighted by Gasteiger charge is -2.16. The monoisotopic (exact) mass is 339 g/mol. The lowest BCUT2D eigenvalue weighted by Crippen LogP contribution is -2.28. The number of nitrogens with one attached hydrogen (secondary N) is 1. The van der Waals surface area contributed by atoms with E-state index in [1.54, 1.807) is 6.92 Å². The Morgan fingerprint density at radius 1 is 0.917 bits per heavy atom. The van der Waals surface area contributed by atoms with Crippen LogP contribution in [0.4, 0.5) is 0 Å². The Balaban J connectivity index is 3.04. The minimum atomic E-state index is -0.633. The maximum atomic E-state index is 12.2. The molecule has 134 valence electrons. The number of rotatable bonds is 10. The molecule has 0 saturated heterocycles. The predicted molar refractivity (Wildman–Crippen MR) is 88.9 cm³/mol. The largest absolute Gasteiger partial charge is 0.490 e. The fraction of sp³-hybridized carbons (Fsp3) is 0.529. The first-order chi connectivity index (χ1) is 11.6. The molecule has 0 unspecified atom stereocenters. The molecule has 0 aromatic heterocycles. The Hall–Kier alpha value is -2.44. The van der Waals surface area contributed by atoms with Crippen LogP contribution in [0.1, 0.15) is 38.1 Å². The topological polar surface area (TPSA) is 83.1 Å². The van der Waals surface area contributed by atoms with E-state index in [0.29, 0.717) is 43.6 Å². The number of benzene rings is 1. The Labute approximate surface area is 142 Å². The molecular formula is C17H25NO6. The lowest BCUT2D eigenvalue weighted by atomic mass is 10.2. The maximum absolute atomic E-state index is 12.2. The zero-order valence-corrected chi connectivity index (χ0v) is 14.6. The molecule has 0 radical (unpaired) electrons. The molecule has 24 heavy (non-hydrogen) atoms. The molecule has 1 rings (SSSR count). The highest BCUT2D eigenvalue weighted by Crippen LogP contribution is 2.39. The Kier molecular flexibility index (Phi) is 8.46. The van der Waals surface area contributed by atoms with Gasteiger partial charge < -0.3 is 24.3 Å². The quantitative estimate of drug-likeness (QED) is 0.658. The van der Waals surface area contributed by atoms with Gasteiger partial charge in [-0.25, -0.2) is 4.79 Å². The molecule has 0 fully saturated rings. The molecule has 0 saturated carbocycles. The van der Waals surface area contributed by atoms with Gasteiger partial charge in [-0.2, -0.15) is 0 Å². The molecule has 0 atom stereocenters. The molecule has 1 N–H and O–H groups in total. The highest BCUT2D eigenvalue weighted by molar-refractivity contribution is 5.92. The van der Waals surface area contributed by atoms with Crippen LogP contribution in [-0.2, 0) is 9.53 Å². The second kappa shape index (κ2) is 10.4. The van der Waals surface area contributed by atoms with Gasteiger partial charge in [0, 0.05) is 6.54 Å². The molecule has 7 nitrogen and oxygen atoms in total. The van der Waals surface area contributed by atoms with Gasteiger partial charge in [0.15, 0.2) is 18.1 Å². The summed E-state index contributed by atoms with van der Waals surface area (Å²) in [5, 5.41) is 2.56. The first-order valence-corrected chi connectivity index (χ1v) is 8.07. The van der Waals surface area contributed by atoms with E-state index in [9.17, 15) is 9.59 Å². The van der Waals surface area contributed by atoms with Gasteiger partial charge in [-0.1, -0.05) is 0 Å². The van der Waals surface area contributed by atoms with Crippen molar-refractivity contribution in [1.82, 2.24) is 5.32 Å². The molecule has 0 spiro atoms. The van der Waals surface area contributed by atoms with E-state index in [-0.39, 0.29) is 18.1 Å². The van der Waals surface area contributed by atoms with Gasteiger partial charge in [0.25, 0.3) is 5.91 Å². The Bertz CT molecular complexity index is 531. The number of esters is 1. The van der Waals surface area contributed by atoms with Gasteiger partial charge in [0.2, 0.25) is 5.75 Å². The SMILES string of the molecule is CCNC(=O)COC(=O)c1cc(OCC)c(OCC)c(OCC)c1. The molecule has 0 aliphatic carbocycles. The van der Waals surface area contributed by atoms with Crippen molar-refractivity contribution in [3.63, 3.8) is 0 Å². The van der Waals surface area contributed by atoms with Crippen LogP contribution in [0.5, 0.6) is 17.2 Å². The van der Waals surface area contributed by atoms with E-state index >= 15 is 0 Å². The van der Waals surface area contributed by atoms with Gasteiger partial charge in [-0.15, -0.1) is 0 Å². The average Bonchev–Trinajstić information content (AvgIpc) is 2.56. The molecule has 0 aliphatic rings. The zero-order chi connectivity index (χ0) is 17.9. The summed E-state index contributed by atoms with van der Waals surface area (Å²) in [7, 11) is 0. The average molecular weight is 339 g/mol. The van der Waals surface area contributed by atoms with Gasteiger partial charge in [0.1, 0.15) is 0 Å². The number of likely N-dealkylation sites (N-methyl/N-ethyl adjacent to an activating group) is 1. The zero-order valence-electron chi connectivity index (χ0n) is 14.6. The van der Waals surface area contributed by atoms with Gasteiger partial charge in [-0.3, -0.25) is 4.79 Å². The van der Waals surface area contributed by atoms with Crippen molar-refractivity contribution >= 4 is 11.9 Å². The first-order valence-electron chi connectivity index (χ1n) is 8.07. The third kappa shape index (κ3) is 5.64. The van der Waals surface area contributed by atoms with E-state index < -0.39 is 5.97 Å². The standard InChI is InChI=1S/C17H25NO6/c1-5-18-15(19)11-24-17(20)12-9-13(21-6-2)16(23-8-4)14(10-12)22-7-3/h9-10H,5-8,11H2,1-4H3,(H,18,19). The number of carbonyl (C=O) groups excluding carboxylic acids is 2. The minimum absolute atomic E-state index is 0.231. The molecular weight excluding hydrogens is 314 g/mol. The normalized spacial score (nSPS) is 10.0. The highest BCUT2D eigenvalue weighted by Gasteiger charge is 2.19. The van der Waals surface area contributed by atoms with Crippen LogP contribution in [0.25, 0.3) is 0 Å². The highest BCUT2D eigenvalue weighted by atomic mass is 16.5. The Morgan fingerprint density at radius 2 is 1.46 bits per heavy atom. The number of ether oxygens (including phenoxy) is 4. The van der Waals surface area contributed by atoms with E-state index in [2.05, 4.69) is 5.32 Å². The molecule has 0 bridgehead atoms. The first kappa shape index (κ1) is 19.6. The fourth-order valence-corrected chi connectivity index (χ4v) is 1.97. The molecule has 1 aromatic rings. The van der Waals surface area contributed by atoms with Crippen LogP contribution >= 0.6 is 0 Å². The van der Waals surface area contributed by atoms with Crippen LogP contribution in [0.2, 0.25) is 0 Å². The van der Waals surface area contributed by atoms with E-state index in [1.165, 1.54) is 12.1 Å². The van der Waals surface area contributed by atoms with Crippen LogP contribution in [0, 0.1) is 0 Å². The van der Waals surface area contributed by atoms with Crippen molar-refractivity contribution in [2.24, 2.45) is 0 Å². The second-order valence-electron chi connectivity index (χ2n) is 4.63. The molecule has 7 heteroatoms. The van der Waals surface area contributed by atoms with E-state index in [4.69, 9.17) is 18.9 Å². The molecule has 0 heterocycles. The molecule has 1 amide bonds. The molecule has 0 aliphatic heterocycles. The van der Waals surface area contributed by atoms with Gasteiger partial charge >= 0.3 is 5.97 Å². The number of hydrogen-bond donors (Lipinski definition) is 1. The summed E-state index contributed by atoms with van der Waals surface area (Å²) >= 11 is 0. The summed E-state index contributed by atoms with van der Waals surface area (Å²) in [5.41, 5.74) is 0.231. The maximum Gasteiger partial charge on any atom is 0.338 e. The van der Waals surface area contributed by atoms with Crippen molar-refractivity contribution in [1.29, 1.82) is 0 Å². The van der Waals surface area contributed by atoms with Gasteiger partial charge in [-0.05, 0) is 39.8 Å². The van der Waals surface area contributed by atoms with Crippen LogP contribution in [-0.4, -0.2) is 44.8 Å². The summed E-state index contributed by atoms with van der Waals surface area (Å²) in [6.07, 6.45) is 0. The minimum Gasteiger partial charge on any atom is -0.490 e. The van der Waals surface area contributed by atoms with Crippen molar-refractivity contribution in [2.75, 3.05) is 33.0 Å². The van der Waals surface area contributed by atoms with Crippen molar-refractivity contribution in [3.05, 3.63) is 17.7 Å². The third-order valence-corrected chi connectivity index (χ3v) is 2.85. The third-order valence-electron chi connectivity index (χ3n) is 2.85. The fourth-order valence-electron chi connectivity index (χ4n) is 1.97. The predicted octanol–water partition coefficient (Wildman–Crippen LogP) is 2.18. The number of carbonyl (C=O) groups is 2. The number of amides is 1. The summed E-state index contributed by atoms with van der Waals surface area (Å²) in [6, 6.07) is 3.05. The van der Waals surface area contributed by atoms with Crippen LogP contribution in [0.3, 0.4) is 0 Å². The van der Waals surface area contributed by atoms with Crippen LogP contribution < -0.4 is 19.5 Å². The van der Waals surface area contributed by atoms with Crippen LogP contribution in [0.15, 0.2) is 12.1 Å². The molecule has 1 aromatic carbocycles. The summed E-state index contributed by atoms with van der Waals surface area (Å²) in [5.74, 6) is 0.255. The number of hydrogen-bond acceptors (Lipinski definition) is 6. The van der Waals surface area contributed by atoms with Crippen molar-refractivity contribution in [2.45, 2.75) is 27.7 Å².